The van der Waals surface area contributed by atoms with E-state index in [0.29, 0.717) is 0 Å². The summed E-state index contributed by atoms with van der Waals surface area (Å²) < 4.78 is 4.98. The van der Waals surface area contributed by atoms with E-state index in [2.05, 4.69) is 0 Å². The van der Waals surface area contributed by atoms with Crippen molar-refractivity contribution in [2.24, 2.45) is 0 Å². The van der Waals surface area contributed by atoms with E-state index in [1.165, 1.54) is 18.2 Å². The third kappa shape index (κ3) is 3.21. The van der Waals surface area contributed by atoms with Crippen LogP contribution in [0.1, 0.15) is 10.4 Å². The number of aromatic hydroxyl groups is 4. The zero-order valence-electron chi connectivity index (χ0n) is 11.3. The van der Waals surface area contributed by atoms with Crippen LogP contribution in [0.2, 0.25) is 0 Å². The molecular weight excluding hydrogens is 292 g/mol. The topological polar surface area (TPSA) is 127 Å². The number of ether oxygens (including phenoxy) is 1. The molecule has 7 heteroatoms. The number of aliphatic hydroxyl groups excluding tert-OH is 1. The van der Waals surface area contributed by atoms with Gasteiger partial charge in [0.25, 0.3) is 0 Å². The van der Waals surface area contributed by atoms with Gasteiger partial charge < -0.3 is 30.3 Å². The van der Waals surface area contributed by atoms with Crippen molar-refractivity contribution >= 4 is 5.78 Å². The molecule has 0 radical (unpaired) electrons. The summed E-state index contributed by atoms with van der Waals surface area (Å²) in [5.74, 6) is -1.23. The van der Waals surface area contributed by atoms with E-state index in [-0.39, 0.29) is 40.9 Å². The number of Topliss-reactive ketones (excluding diaryl/α,β-unsaturated/α-hetero) is 1. The van der Waals surface area contributed by atoms with Gasteiger partial charge in [-0.25, -0.2) is 0 Å². The maximum atomic E-state index is 11.4. The molecule has 0 fully saturated rings. The lowest BCUT2D eigenvalue weighted by atomic mass is 10.0. The molecule has 0 amide bonds. The fraction of sp³-hybridized carbons (Fsp3) is 0.133. The van der Waals surface area contributed by atoms with Crippen molar-refractivity contribution in [2.75, 3.05) is 6.61 Å². The van der Waals surface area contributed by atoms with Crippen LogP contribution < -0.4 is 4.74 Å². The van der Waals surface area contributed by atoms with E-state index in [1.807, 2.05) is 0 Å². The molecule has 0 aliphatic carbocycles. The molecule has 5 N–H and O–H groups in total. The highest BCUT2D eigenvalue weighted by Gasteiger charge is 2.30. The van der Waals surface area contributed by atoms with Crippen LogP contribution in [0.3, 0.4) is 0 Å². The number of rotatable bonds is 0. The average molecular weight is 306 g/mol. The number of carbonyl (C=O) groups excluding carboxylic acids is 1. The smallest absolute Gasteiger partial charge is 0.202 e. The first-order chi connectivity index (χ1) is 10.4. The van der Waals surface area contributed by atoms with Crippen molar-refractivity contribution < 1.29 is 35.1 Å². The molecule has 116 valence electrons. The Morgan fingerprint density at radius 1 is 0.955 bits per heavy atom. The van der Waals surface area contributed by atoms with E-state index >= 15 is 0 Å². The van der Waals surface area contributed by atoms with Crippen molar-refractivity contribution in [1.29, 1.82) is 0 Å². The monoisotopic (exact) mass is 306 g/mol. The second-order valence-corrected chi connectivity index (χ2v) is 4.52. The minimum atomic E-state index is -1.25. The highest BCUT2D eigenvalue weighted by atomic mass is 16.5. The van der Waals surface area contributed by atoms with Gasteiger partial charge in [0.2, 0.25) is 5.78 Å². The largest absolute Gasteiger partial charge is 0.508 e. The summed E-state index contributed by atoms with van der Waals surface area (Å²) in [6, 6.07) is 8.39. The standard InChI is InChI=1S/C9H8O5.C6H6O2/c10-4-1-5(11)8-7(2-4)14-3-6(12)9(8)13;7-5-3-1-2-4-6(5)8/h1-2,6,10-12H,3H2;1-4,7-8H/t6-;/m1./s1. The summed E-state index contributed by atoms with van der Waals surface area (Å²) in [6.45, 7) is -0.158. The van der Waals surface area contributed by atoms with Gasteiger partial charge in [0.15, 0.2) is 17.6 Å². The van der Waals surface area contributed by atoms with Crippen LogP contribution in [-0.4, -0.2) is 44.0 Å². The van der Waals surface area contributed by atoms with Gasteiger partial charge in [-0.15, -0.1) is 0 Å². The van der Waals surface area contributed by atoms with E-state index in [1.54, 1.807) is 12.1 Å². The molecule has 1 atom stereocenters. The molecule has 0 bridgehead atoms. The summed E-state index contributed by atoms with van der Waals surface area (Å²) in [7, 11) is 0. The molecule has 1 aliphatic rings. The Balaban J connectivity index is 0.000000188. The molecule has 1 heterocycles. The lowest BCUT2D eigenvalue weighted by Gasteiger charge is -2.21. The van der Waals surface area contributed by atoms with Crippen LogP contribution >= 0.6 is 0 Å². The second kappa shape index (κ2) is 6.23. The highest BCUT2D eigenvalue weighted by molar-refractivity contribution is 6.05. The maximum absolute atomic E-state index is 11.4. The predicted molar refractivity (Wildman–Crippen MR) is 75.4 cm³/mol. The Kier molecular flexibility index (Phi) is 4.38. The van der Waals surface area contributed by atoms with Crippen LogP contribution in [0, 0.1) is 0 Å². The summed E-state index contributed by atoms with van der Waals surface area (Å²) >= 11 is 0. The summed E-state index contributed by atoms with van der Waals surface area (Å²) in [5, 5.41) is 45.0. The Bertz CT molecular complexity index is 675. The molecule has 22 heavy (non-hydrogen) atoms. The molecule has 2 aromatic rings. The fourth-order valence-electron chi connectivity index (χ4n) is 1.82. The van der Waals surface area contributed by atoms with Crippen molar-refractivity contribution in [3.8, 4) is 28.7 Å². The zero-order chi connectivity index (χ0) is 16.3. The number of phenolic OH excluding ortho intramolecular Hbond substituents is 4. The Labute approximate surface area is 125 Å². The van der Waals surface area contributed by atoms with E-state index in [0.717, 1.165) is 6.07 Å². The number of benzene rings is 2. The Hall–Kier alpha value is -2.93. The quantitative estimate of drug-likeness (QED) is 0.462. The number of para-hydroxylation sites is 2. The first-order valence-corrected chi connectivity index (χ1v) is 6.28. The van der Waals surface area contributed by atoms with Crippen molar-refractivity contribution in [2.45, 2.75) is 6.10 Å². The number of hydrogen-bond acceptors (Lipinski definition) is 7. The minimum Gasteiger partial charge on any atom is -0.508 e. The summed E-state index contributed by atoms with van der Waals surface area (Å²) in [5.41, 5.74) is -0.0819. The normalized spacial score (nSPS) is 16.0. The van der Waals surface area contributed by atoms with Gasteiger partial charge in [0, 0.05) is 12.1 Å². The summed E-state index contributed by atoms with van der Waals surface area (Å²) in [6.07, 6.45) is -1.25. The number of hydrogen-bond donors (Lipinski definition) is 5. The van der Waals surface area contributed by atoms with Crippen LogP contribution in [0.15, 0.2) is 36.4 Å². The van der Waals surface area contributed by atoms with Gasteiger partial charge in [-0.05, 0) is 12.1 Å². The van der Waals surface area contributed by atoms with Crippen molar-refractivity contribution in [3.63, 3.8) is 0 Å². The van der Waals surface area contributed by atoms with E-state index < -0.39 is 11.9 Å². The van der Waals surface area contributed by atoms with Gasteiger partial charge in [0.1, 0.15) is 29.4 Å². The van der Waals surface area contributed by atoms with Gasteiger partial charge in [-0.3, -0.25) is 4.79 Å². The number of phenols is 4. The zero-order valence-corrected chi connectivity index (χ0v) is 11.3. The number of ketones is 1. The predicted octanol–water partition coefficient (Wildman–Crippen LogP) is 1.13. The molecule has 0 aromatic heterocycles. The van der Waals surface area contributed by atoms with Crippen molar-refractivity contribution in [1.82, 2.24) is 0 Å². The molecule has 0 spiro atoms. The molecule has 2 aromatic carbocycles. The third-order valence-corrected chi connectivity index (χ3v) is 2.89. The van der Waals surface area contributed by atoms with Gasteiger partial charge in [-0.2, -0.15) is 0 Å². The molecule has 3 rings (SSSR count). The number of carbonyl (C=O) groups is 1. The maximum Gasteiger partial charge on any atom is 0.202 e. The molecule has 0 saturated carbocycles. The first kappa shape index (κ1) is 15.5. The highest BCUT2D eigenvalue weighted by Crippen LogP contribution is 2.35. The molecule has 0 saturated heterocycles. The van der Waals surface area contributed by atoms with Crippen LogP contribution in [0.4, 0.5) is 0 Å². The number of fused-ring (bicyclic) bond motifs is 1. The van der Waals surface area contributed by atoms with Gasteiger partial charge in [0.05, 0.1) is 0 Å². The van der Waals surface area contributed by atoms with Crippen LogP contribution in [0.5, 0.6) is 28.7 Å². The SMILES string of the molecule is O=C1c2c(O)cc(O)cc2OC[C@H]1O.Oc1ccccc1O. The number of aliphatic hydroxyl groups is 1. The van der Waals surface area contributed by atoms with Crippen LogP contribution in [0.25, 0.3) is 0 Å². The lowest BCUT2D eigenvalue weighted by molar-refractivity contribution is 0.0552. The molecular formula is C15H14O7. The van der Waals surface area contributed by atoms with Crippen molar-refractivity contribution in [3.05, 3.63) is 42.0 Å². The summed E-state index contributed by atoms with van der Waals surface area (Å²) in [4.78, 5) is 11.4. The Morgan fingerprint density at radius 3 is 2.09 bits per heavy atom. The van der Waals surface area contributed by atoms with Gasteiger partial charge >= 0.3 is 0 Å². The second-order valence-electron chi connectivity index (χ2n) is 4.52. The van der Waals surface area contributed by atoms with E-state index in [9.17, 15) is 15.0 Å². The lowest BCUT2D eigenvalue weighted by Crippen LogP contribution is -2.32. The Morgan fingerprint density at radius 2 is 1.55 bits per heavy atom. The minimum absolute atomic E-state index is 0.0764. The first-order valence-electron chi connectivity index (χ1n) is 6.28. The third-order valence-electron chi connectivity index (χ3n) is 2.89. The van der Waals surface area contributed by atoms with Crippen LogP contribution in [-0.2, 0) is 0 Å². The fourth-order valence-corrected chi connectivity index (χ4v) is 1.82. The molecule has 1 aliphatic heterocycles. The molecule has 0 unspecified atom stereocenters. The van der Waals surface area contributed by atoms with Gasteiger partial charge in [-0.1, -0.05) is 12.1 Å². The van der Waals surface area contributed by atoms with E-state index in [4.69, 9.17) is 20.1 Å². The average Bonchev–Trinajstić information content (AvgIpc) is 2.46. The molecule has 7 nitrogen and oxygen atoms in total.